The molecule has 0 bridgehead atoms. The van der Waals surface area contributed by atoms with Crippen molar-refractivity contribution < 1.29 is 18.7 Å². The number of anilines is 1. The van der Waals surface area contributed by atoms with Crippen LogP contribution in [-0.4, -0.2) is 26.0 Å². The Morgan fingerprint density at radius 2 is 1.83 bits per heavy atom. The zero-order valence-electron chi connectivity index (χ0n) is 12.9. The number of benzene rings is 2. The lowest BCUT2D eigenvalue weighted by Crippen LogP contribution is -2.36. The number of ether oxygens (including phenoxy) is 1. The van der Waals surface area contributed by atoms with Crippen LogP contribution in [0.4, 0.5) is 10.1 Å². The third-order valence-electron chi connectivity index (χ3n) is 4.16. The summed E-state index contributed by atoms with van der Waals surface area (Å²) in [6, 6.07) is 13.3. The number of halogens is 1. The van der Waals surface area contributed by atoms with Crippen LogP contribution in [0.25, 0.3) is 0 Å². The molecule has 0 radical (unpaired) electrons. The molecule has 1 aliphatic rings. The van der Waals surface area contributed by atoms with Crippen LogP contribution in [0.2, 0.25) is 0 Å². The first-order valence-corrected chi connectivity index (χ1v) is 7.21. The van der Waals surface area contributed by atoms with Gasteiger partial charge in [0.15, 0.2) is 0 Å². The average molecular weight is 313 g/mol. The van der Waals surface area contributed by atoms with Gasteiger partial charge in [0.25, 0.3) is 5.91 Å². The van der Waals surface area contributed by atoms with Crippen LogP contribution in [0.15, 0.2) is 48.5 Å². The predicted molar refractivity (Wildman–Crippen MR) is 84.1 cm³/mol. The summed E-state index contributed by atoms with van der Waals surface area (Å²) in [7, 11) is 2.87. The van der Waals surface area contributed by atoms with E-state index in [0.29, 0.717) is 22.4 Å². The maximum atomic E-state index is 15.5. The van der Waals surface area contributed by atoms with E-state index in [1.807, 2.05) is 0 Å². The summed E-state index contributed by atoms with van der Waals surface area (Å²) in [5, 5.41) is 0. The fourth-order valence-corrected chi connectivity index (χ4v) is 2.92. The van der Waals surface area contributed by atoms with E-state index < -0.39 is 17.5 Å². The van der Waals surface area contributed by atoms with Crippen LogP contribution >= 0.6 is 0 Å². The van der Waals surface area contributed by atoms with Crippen molar-refractivity contribution in [2.24, 2.45) is 0 Å². The van der Waals surface area contributed by atoms with Gasteiger partial charge in [-0.25, -0.2) is 9.18 Å². The molecule has 0 aromatic heterocycles. The van der Waals surface area contributed by atoms with Gasteiger partial charge in [0.1, 0.15) is 0 Å². The number of nitrogens with zero attached hydrogens (tertiary/aromatic N) is 1. The molecule has 1 unspecified atom stereocenters. The smallest absolute Gasteiger partial charge is 0.337 e. The van der Waals surface area contributed by atoms with Gasteiger partial charge in [-0.1, -0.05) is 30.3 Å². The molecule has 0 N–H and O–H groups in total. The second kappa shape index (κ2) is 5.50. The molecule has 5 heteroatoms. The molecule has 4 nitrogen and oxygen atoms in total. The Kier molecular flexibility index (Phi) is 3.64. The highest BCUT2D eigenvalue weighted by Crippen LogP contribution is 2.44. The number of hydrogen-bond donors (Lipinski definition) is 0. The van der Waals surface area contributed by atoms with Crippen molar-refractivity contribution in [1.29, 1.82) is 0 Å². The van der Waals surface area contributed by atoms with Gasteiger partial charge >= 0.3 is 5.97 Å². The van der Waals surface area contributed by atoms with E-state index in [0.717, 1.165) is 0 Å². The Morgan fingerprint density at radius 1 is 1.17 bits per heavy atom. The average Bonchev–Trinajstić information content (AvgIpc) is 2.77. The van der Waals surface area contributed by atoms with Crippen LogP contribution in [0.5, 0.6) is 0 Å². The van der Waals surface area contributed by atoms with E-state index in [-0.39, 0.29) is 6.42 Å². The van der Waals surface area contributed by atoms with Gasteiger partial charge < -0.3 is 9.64 Å². The van der Waals surface area contributed by atoms with E-state index >= 15 is 4.39 Å². The number of hydrogen-bond acceptors (Lipinski definition) is 3. The number of amides is 1. The number of para-hydroxylation sites is 1. The SMILES string of the molecule is COC(=O)c1ccc(CC2(F)C(=O)N(C)c3ccccc32)cc1. The summed E-state index contributed by atoms with van der Waals surface area (Å²) in [5.41, 5.74) is -0.0910. The minimum Gasteiger partial charge on any atom is -0.465 e. The summed E-state index contributed by atoms with van der Waals surface area (Å²) in [4.78, 5) is 25.2. The number of carbonyl (C=O) groups is 2. The lowest BCUT2D eigenvalue weighted by atomic mass is 9.90. The summed E-state index contributed by atoms with van der Waals surface area (Å²) in [5.74, 6) is -1.02. The monoisotopic (exact) mass is 313 g/mol. The predicted octanol–water partition coefficient (Wildman–Crippen LogP) is 2.86. The van der Waals surface area contributed by atoms with E-state index in [4.69, 9.17) is 0 Å². The number of rotatable bonds is 3. The van der Waals surface area contributed by atoms with E-state index in [1.165, 1.54) is 12.0 Å². The first-order chi connectivity index (χ1) is 11.0. The van der Waals surface area contributed by atoms with Gasteiger partial charge in [0.2, 0.25) is 5.67 Å². The molecule has 1 heterocycles. The Bertz CT molecular complexity index is 772. The third kappa shape index (κ3) is 2.38. The summed E-state index contributed by atoms with van der Waals surface area (Å²) < 4.78 is 20.1. The molecule has 2 aromatic rings. The van der Waals surface area contributed by atoms with Crippen LogP contribution < -0.4 is 4.90 Å². The number of fused-ring (bicyclic) bond motifs is 1. The minimum absolute atomic E-state index is 0.0748. The van der Waals surface area contributed by atoms with Crippen molar-refractivity contribution in [3.63, 3.8) is 0 Å². The van der Waals surface area contributed by atoms with Crippen LogP contribution in [-0.2, 0) is 21.6 Å². The van der Waals surface area contributed by atoms with Gasteiger partial charge in [-0.3, -0.25) is 4.79 Å². The highest BCUT2D eigenvalue weighted by molar-refractivity contribution is 6.06. The number of esters is 1. The van der Waals surface area contributed by atoms with Crippen molar-refractivity contribution in [1.82, 2.24) is 0 Å². The summed E-state index contributed by atoms with van der Waals surface area (Å²) in [6.07, 6.45) is -0.0748. The van der Waals surface area contributed by atoms with Gasteiger partial charge in [0, 0.05) is 19.0 Å². The normalized spacial score (nSPS) is 19.6. The molecule has 0 fully saturated rings. The Morgan fingerprint density at radius 3 is 2.48 bits per heavy atom. The van der Waals surface area contributed by atoms with Crippen LogP contribution in [0.3, 0.4) is 0 Å². The molecule has 23 heavy (non-hydrogen) atoms. The maximum Gasteiger partial charge on any atom is 0.337 e. The molecule has 0 spiro atoms. The number of carbonyl (C=O) groups excluding carboxylic acids is 2. The molecular weight excluding hydrogens is 297 g/mol. The van der Waals surface area contributed by atoms with E-state index in [2.05, 4.69) is 4.74 Å². The number of alkyl halides is 1. The molecule has 1 amide bonds. The van der Waals surface area contributed by atoms with Gasteiger partial charge in [-0.2, -0.15) is 0 Å². The maximum absolute atomic E-state index is 15.5. The fraction of sp³-hybridized carbons (Fsp3) is 0.222. The number of methoxy groups -OCH3 is 1. The topological polar surface area (TPSA) is 46.6 Å². The van der Waals surface area contributed by atoms with Gasteiger partial charge in [-0.15, -0.1) is 0 Å². The van der Waals surface area contributed by atoms with Gasteiger partial charge in [-0.05, 0) is 23.8 Å². The molecule has 3 rings (SSSR count). The molecule has 0 saturated carbocycles. The summed E-state index contributed by atoms with van der Waals surface area (Å²) in [6.45, 7) is 0. The second-order valence-electron chi connectivity index (χ2n) is 5.55. The zero-order chi connectivity index (χ0) is 16.6. The van der Waals surface area contributed by atoms with E-state index in [9.17, 15) is 9.59 Å². The Balaban J connectivity index is 1.93. The zero-order valence-corrected chi connectivity index (χ0v) is 12.9. The van der Waals surface area contributed by atoms with Crippen molar-refractivity contribution in [3.8, 4) is 0 Å². The first kappa shape index (κ1) is 15.2. The molecule has 0 aliphatic carbocycles. The van der Waals surface area contributed by atoms with Crippen molar-refractivity contribution in [3.05, 3.63) is 65.2 Å². The lowest BCUT2D eigenvalue weighted by Gasteiger charge is -2.19. The highest BCUT2D eigenvalue weighted by atomic mass is 19.1. The molecule has 1 aliphatic heterocycles. The Hall–Kier alpha value is -2.69. The van der Waals surface area contributed by atoms with Crippen LogP contribution in [0, 0.1) is 0 Å². The van der Waals surface area contributed by atoms with Crippen LogP contribution in [0.1, 0.15) is 21.5 Å². The molecule has 0 saturated heterocycles. The van der Waals surface area contributed by atoms with E-state index in [1.54, 1.807) is 55.6 Å². The minimum atomic E-state index is -2.09. The largest absolute Gasteiger partial charge is 0.465 e. The molecule has 2 aromatic carbocycles. The highest BCUT2D eigenvalue weighted by Gasteiger charge is 2.50. The summed E-state index contributed by atoms with van der Waals surface area (Å²) >= 11 is 0. The molecular formula is C18H16FNO3. The standard InChI is InChI=1S/C18H16FNO3/c1-20-15-6-4-3-5-14(15)18(19,17(20)22)11-12-7-9-13(10-8-12)16(21)23-2/h3-10H,11H2,1-2H3. The second-order valence-corrected chi connectivity index (χ2v) is 5.55. The molecule has 1 atom stereocenters. The number of likely N-dealkylation sites (N-methyl/N-ethyl adjacent to an activating group) is 1. The quantitative estimate of drug-likeness (QED) is 0.819. The lowest BCUT2D eigenvalue weighted by molar-refractivity contribution is -0.129. The van der Waals surface area contributed by atoms with Crippen molar-refractivity contribution in [2.45, 2.75) is 12.1 Å². The van der Waals surface area contributed by atoms with Gasteiger partial charge in [0.05, 0.1) is 18.4 Å². The molecule has 118 valence electrons. The Labute approximate surface area is 133 Å². The first-order valence-electron chi connectivity index (χ1n) is 7.21. The van der Waals surface area contributed by atoms with Crippen molar-refractivity contribution in [2.75, 3.05) is 19.1 Å². The van der Waals surface area contributed by atoms with Crippen molar-refractivity contribution >= 4 is 17.6 Å². The fourth-order valence-electron chi connectivity index (χ4n) is 2.92. The third-order valence-corrected chi connectivity index (χ3v) is 4.16.